The third-order valence-electron chi connectivity index (χ3n) is 2.22. The smallest absolute Gasteiger partial charge is 0.308 e. The number of hydrogen-bond donors (Lipinski definition) is 0. The normalized spacial score (nSPS) is 22.0. The summed E-state index contributed by atoms with van der Waals surface area (Å²) in [5.41, 5.74) is -0.609. The first-order valence-corrected chi connectivity index (χ1v) is 6.84. The van der Waals surface area contributed by atoms with Crippen LogP contribution in [0.4, 0.5) is 0 Å². The van der Waals surface area contributed by atoms with Crippen LogP contribution in [-0.4, -0.2) is 24.7 Å². The van der Waals surface area contributed by atoms with Crippen molar-refractivity contribution in [3.05, 3.63) is 12.2 Å². The SMILES string of the molecule is CCOP(=O)(OCC)[C@@H]1CCC=CC1=O. The van der Waals surface area contributed by atoms with Crippen LogP contribution in [0.15, 0.2) is 12.2 Å². The molecule has 0 saturated heterocycles. The molecule has 5 heteroatoms. The van der Waals surface area contributed by atoms with Gasteiger partial charge < -0.3 is 9.05 Å². The molecule has 0 aromatic rings. The van der Waals surface area contributed by atoms with Gasteiger partial charge in [0.25, 0.3) is 0 Å². The first-order chi connectivity index (χ1) is 7.14. The Kier molecular flexibility index (Phi) is 4.71. The summed E-state index contributed by atoms with van der Waals surface area (Å²) in [7, 11) is -3.25. The van der Waals surface area contributed by atoms with Crippen LogP contribution in [0.3, 0.4) is 0 Å². The molecule has 0 fully saturated rings. The molecule has 0 bridgehead atoms. The fourth-order valence-corrected chi connectivity index (χ4v) is 3.62. The Labute approximate surface area is 90.2 Å². The van der Waals surface area contributed by atoms with E-state index < -0.39 is 13.3 Å². The maximum Gasteiger partial charge on any atom is 0.341 e. The average Bonchev–Trinajstić information content (AvgIpc) is 2.19. The molecule has 0 heterocycles. The van der Waals surface area contributed by atoms with E-state index in [9.17, 15) is 9.36 Å². The van der Waals surface area contributed by atoms with Gasteiger partial charge in [0.2, 0.25) is 0 Å². The highest BCUT2D eigenvalue weighted by atomic mass is 31.2. The first kappa shape index (κ1) is 12.6. The van der Waals surface area contributed by atoms with Gasteiger partial charge in [-0.05, 0) is 32.8 Å². The van der Waals surface area contributed by atoms with E-state index in [1.165, 1.54) is 6.08 Å². The molecule has 1 rings (SSSR count). The third kappa shape index (κ3) is 3.00. The van der Waals surface area contributed by atoms with E-state index in [0.717, 1.165) is 6.42 Å². The zero-order chi connectivity index (χ0) is 11.3. The fourth-order valence-electron chi connectivity index (χ4n) is 1.60. The number of hydrogen-bond acceptors (Lipinski definition) is 4. The second kappa shape index (κ2) is 5.59. The zero-order valence-electron chi connectivity index (χ0n) is 9.14. The Hall–Kier alpha value is -0.440. The summed E-state index contributed by atoms with van der Waals surface area (Å²) in [4.78, 5) is 11.6. The van der Waals surface area contributed by atoms with Crippen LogP contribution < -0.4 is 0 Å². The highest BCUT2D eigenvalue weighted by Crippen LogP contribution is 2.55. The van der Waals surface area contributed by atoms with Crippen molar-refractivity contribution < 1.29 is 18.4 Å². The molecule has 0 spiro atoms. The average molecular weight is 232 g/mol. The van der Waals surface area contributed by atoms with Crippen molar-refractivity contribution in [1.82, 2.24) is 0 Å². The van der Waals surface area contributed by atoms with Gasteiger partial charge in [-0.15, -0.1) is 0 Å². The number of rotatable bonds is 5. The lowest BCUT2D eigenvalue weighted by atomic mass is 10.1. The van der Waals surface area contributed by atoms with Gasteiger partial charge in [0.1, 0.15) is 5.66 Å². The first-order valence-electron chi connectivity index (χ1n) is 5.23. The predicted molar refractivity (Wildman–Crippen MR) is 58.0 cm³/mol. The lowest BCUT2D eigenvalue weighted by Gasteiger charge is -2.25. The fraction of sp³-hybridized carbons (Fsp3) is 0.700. The number of allylic oxidation sites excluding steroid dienone is 2. The monoisotopic (exact) mass is 232 g/mol. The van der Waals surface area contributed by atoms with Gasteiger partial charge in [-0.1, -0.05) is 6.08 Å². The summed E-state index contributed by atoms with van der Waals surface area (Å²) in [6.45, 7) is 4.08. The topological polar surface area (TPSA) is 52.6 Å². The van der Waals surface area contributed by atoms with Crippen LogP contribution >= 0.6 is 7.60 Å². The summed E-state index contributed by atoms with van der Waals surface area (Å²) < 4.78 is 22.6. The summed E-state index contributed by atoms with van der Waals surface area (Å²) in [6, 6.07) is 0. The van der Waals surface area contributed by atoms with Crippen LogP contribution in [0.25, 0.3) is 0 Å². The Morgan fingerprint density at radius 1 is 1.40 bits per heavy atom. The molecule has 0 aromatic heterocycles. The van der Waals surface area contributed by atoms with Gasteiger partial charge in [0, 0.05) is 0 Å². The molecule has 1 aliphatic carbocycles. The zero-order valence-corrected chi connectivity index (χ0v) is 10.0. The van der Waals surface area contributed by atoms with Crippen LogP contribution in [0, 0.1) is 0 Å². The van der Waals surface area contributed by atoms with E-state index in [2.05, 4.69) is 0 Å². The van der Waals surface area contributed by atoms with Gasteiger partial charge in [-0.25, -0.2) is 0 Å². The number of carbonyl (C=O) groups is 1. The number of carbonyl (C=O) groups excluding carboxylic acids is 1. The van der Waals surface area contributed by atoms with Crippen LogP contribution in [0.5, 0.6) is 0 Å². The standard InChI is InChI=1S/C10H17O4P/c1-3-13-15(12,14-4-2)10-8-6-5-7-9(10)11/h5,7,10H,3-4,6,8H2,1-2H3/t10-/m1/s1. The molecule has 0 radical (unpaired) electrons. The third-order valence-corrected chi connectivity index (χ3v) is 4.73. The van der Waals surface area contributed by atoms with Crippen LogP contribution in [-0.2, 0) is 18.4 Å². The molecule has 4 nitrogen and oxygen atoms in total. The molecule has 0 aliphatic heterocycles. The van der Waals surface area contributed by atoms with E-state index in [-0.39, 0.29) is 5.78 Å². The molecule has 0 unspecified atom stereocenters. The second-order valence-corrected chi connectivity index (χ2v) is 5.49. The number of ketones is 1. The van der Waals surface area contributed by atoms with Gasteiger partial charge in [0.05, 0.1) is 13.2 Å². The highest BCUT2D eigenvalue weighted by molar-refractivity contribution is 7.55. The molecule has 0 saturated carbocycles. The Morgan fingerprint density at radius 3 is 2.47 bits per heavy atom. The van der Waals surface area contributed by atoms with E-state index in [1.807, 2.05) is 0 Å². The van der Waals surface area contributed by atoms with E-state index in [0.29, 0.717) is 19.6 Å². The highest BCUT2D eigenvalue weighted by Gasteiger charge is 2.40. The van der Waals surface area contributed by atoms with Crippen LogP contribution in [0.1, 0.15) is 26.7 Å². The van der Waals surface area contributed by atoms with E-state index in [4.69, 9.17) is 9.05 Å². The second-order valence-electron chi connectivity index (χ2n) is 3.27. The van der Waals surface area contributed by atoms with Crippen molar-refractivity contribution in [2.24, 2.45) is 0 Å². The Bertz CT molecular complexity index is 288. The van der Waals surface area contributed by atoms with Crippen molar-refractivity contribution in [1.29, 1.82) is 0 Å². The van der Waals surface area contributed by atoms with Crippen molar-refractivity contribution in [2.75, 3.05) is 13.2 Å². The van der Waals surface area contributed by atoms with Crippen molar-refractivity contribution in [3.8, 4) is 0 Å². The quantitative estimate of drug-likeness (QED) is 0.683. The summed E-state index contributed by atoms with van der Waals surface area (Å²) in [6.07, 6.45) is 4.56. The van der Waals surface area contributed by atoms with Crippen molar-refractivity contribution in [2.45, 2.75) is 32.3 Å². The minimum absolute atomic E-state index is 0.147. The molecular formula is C10H17O4P. The van der Waals surface area contributed by atoms with Crippen molar-refractivity contribution >= 4 is 13.4 Å². The molecular weight excluding hydrogens is 215 g/mol. The molecule has 0 aromatic carbocycles. The van der Waals surface area contributed by atoms with Gasteiger partial charge in [-0.3, -0.25) is 9.36 Å². The van der Waals surface area contributed by atoms with Crippen LogP contribution in [0.2, 0.25) is 0 Å². The summed E-state index contributed by atoms with van der Waals surface area (Å²) in [5.74, 6) is -0.147. The molecule has 15 heavy (non-hydrogen) atoms. The largest absolute Gasteiger partial charge is 0.341 e. The Balaban J connectivity index is 2.83. The molecule has 1 aliphatic rings. The molecule has 0 amide bonds. The maximum atomic E-state index is 12.3. The Morgan fingerprint density at radius 2 is 2.00 bits per heavy atom. The lowest BCUT2D eigenvalue weighted by molar-refractivity contribution is -0.115. The van der Waals surface area contributed by atoms with E-state index in [1.54, 1.807) is 19.9 Å². The molecule has 86 valence electrons. The van der Waals surface area contributed by atoms with Crippen molar-refractivity contribution in [3.63, 3.8) is 0 Å². The molecule has 1 atom stereocenters. The predicted octanol–water partition coefficient (Wildman–Crippen LogP) is 2.54. The van der Waals surface area contributed by atoms with Gasteiger partial charge >= 0.3 is 7.60 Å². The van der Waals surface area contributed by atoms with Gasteiger partial charge in [-0.2, -0.15) is 0 Å². The van der Waals surface area contributed by atoms with E-state index >= 15 is 0 Å². The van der Waals surface area contributed by atoms with Gasteiger partial charge in [0.15, 0.2) is 5.78 Å². The lowest BCUT2D eigenvalue weighted by Crippen LogP contribution is -2.24. The molecule has 0 N–H and O–H groups in total. The minimum atomic E-state index is -3.25. The maximum absolute atomic E-state index is 12.3. The summed E-state index contributed by atoms with van der Waals surface area (Å²) in [5, 5.41) is 0. The summed E-state index contributed by atoms with van der Waals surface area (Å²) >= 11 is 0. The minimum Gasteiger partial charge on any atom is -0.308 e.